The number of benzene rings is 1. The van der Waals surface area contributed by atoms with Gasteiger partial charge in [0.25, 0.3) is 0 Å². The van der Waals surface area contributed by atoms with Crippen molar-refractivity contribution in [3.63, 3.8) is 0 Å². The van der Waals surface area contributed by atoms with Crippen LogP contribution in [0.25, 0.3) is 10.9 Å². The van der Waals surface area contributed by atoms with Crippen molar-refractivity contribution < 1.29 is 18.3 Å². The summed E-state index contributed by atoms with van der Waals surface area (Å²) in [4.78, 5) is 18.3. The first-order valence-electron chi connectivity index (χ1n) is 7.90. The van der Waals surface area contributed by atoms with E-state index >= 15 is 0 Å². The molecule has 0 N–H and O–H groups in total. The van der Waals surface area contributed by atoms with Gasteiger partial charge in [0.1, 0.15) is 5.60 Å². The lowest BCUT2D eigenvalue weighted by atomic mass is 10.1. The Morgan fingerprint density at radius 3 is 2.50 bits per heavy atom. The van der Waals surface area contributed by atoms with Gasteiger partial charge in [-0.1, -0.05) is 0 Å². The van der Waals surface area contributed by atoms with Gasteiger partial charge in [0.15, 0.2) is 12.3 Å². The van der Waals surface area contributed by atoms with E-state index in [1.165, 1.54) is 0 Å². The number of rotatable bonds is 2. The molecule has 2 atom stereocenters. The highest BCUT2D eigenvalue weighted by molar-refractivity contribution is 6.04. The third-order valence-corrected chi connectivity index (χ3v) is 3.89. The minimum atomic E-state index is -1.49. The fourth-order valence-corrected chi connectivity index (χ4v) is 2.78. The van der Waals surface area contributed by atoms with E-state index in [1.54, 1.807) is 56.1 Å². The topological polar surface area (TPSA) is 42.4 Å². The zero-order valence-corrected chi connectivity index (χ0v) is 13.9. The number of anilines is 1. The Morgan fingerprint density at radius 2 is 1.88 bits per heavy atom. The number of hydrogen-bond donors (Lipinski definition) is 0. The molecule has 6 heteroatoms. The van der Waals surface area contributed by atoms with Gasteiger partial charge in [0, 0.05) is 17.3 Å². The van der Waals surface area contributed by atoms with Crippen molar-refractivity contribution >= 4 is 22.6 Å². The molecule has 1 aromatic heterocycles. The summed E-state index contributed by atoms with van der Waals surface area (Å²) in [5, 5.41) is 0.613. The van der Waals surface area contributed by atoms with Crippen LogP contribution in [0.5, 0.6) is 0 Å². The van der Waals surface area contributed by atoms with Gasteiger partial charge in [-0.3, -0.25) is 4.98 Å². The van der Waals surface area contributed by atoms with Crippen LogP contribution < -0.4 is 4.90 Å². The molecule has 0 radical (unpaired) electrons. The molecule has 1 fully saturated rings. The first-order valence-corrected chi connectivity index (χ1v) is 7.90. The van der Waals surface area contributed by atoms with E-state index in [9.17, 15) is 13.6 Å². The average Bonchev–Trinajstić information content (AvgIpc) is 2.84. The van der Waals surface area contributed by atoms with Crippen LogP contribution in [0, 0.1) is 0 Å². The lowest BCUT2D eigenvalue weighted by Gasteiger charge is -2.21. The minimum absolute atomic E-state index is 0.00864. The SMILES string of the molecule is CC(C)(C)OC(=O)c1ccnc2ccc(N3C[C@@H](F)[C@H](F)C3)cc12. The van der Waals surface area contributed by atoms with Crippen LogP contribution in [0.4, 0.5) is 14.5 Å². The number of carbonyl (C=O) groups excluding carboxylic acids is 1. The second-order valence-electron chi connectivity index (χ2n) is 7.00. The van der Waals surface area contributed by atoms with E-state index in [0.29, 0.717) is 22.2 Å². The molecule has 0 spiro atoms. The van der Waals surface area contributed by atoms with E-state index in [1.807, 2.05) is 0 Å². The first kappa shape index (κ1) is 16.6. The van der Waals surface area contributed by atoms with Crippen LogP contribution in [-0.4, -0.2) is 42.0 Å². The van der Waals surface area contributed by atoms with Crippen molar-refractivity contribution in [1.29, 1.82) is 0 Å². The van der Waals surface area contributed by atoms with Gasteiger partial charge < -0.3 is 9.64 Å². The highest BCUT2D eigenvalue weighted by Gasteiger charge is 2.33. The van der Waals surface area contributed by atoms with E-state index in [4.69, 9.17) is 4.74 Å². The lowest BCUT2D eigenvalue weighted by molar-refractivity contribution is 0.00718. The van der Waals surface area contributed by atoms with Crippen LogP contribution in [0.3, 0.4) is 0 Å². The highest BCUT2D eigenvalue weighted by Crippen LogP contribution is 2.29. The molecule has 0 aliphatic carbocycles. The third kappa shape index (κ3) is 3.32. The molecule has 24 heavy (non-hydrogen) atoms. The van der Waals surface area contributed by atoms with Crippen molar-refractivity contribution in [1.82, 2.24) is 4.98 Å². The minimum Gasteiger partial charge on any atom is -0.456 e. The summed E-state index contributed by atoms with van der Waals surface area (Å²) in [5.74, 6) is -0.444. The van der Waals surface area contributed by atoms with Gasteiger partial charge in [-0.2, -0.15) is 0 Å². The summed E-state index contributed by atoms with van der Waals surface area (Å²) < 4.78 is 32.3. The Bertz CT molecular complexity index is 763. The van der Waals surface area contributed by atoms with Crippen LogP contribution in [-0.2, 0) is 4.74 Å². The largest absolute Gasteiger partial charge is 0.456 e. The molecule has 1 saturated heterocycles. The zero-order chi connectivity index (χ0) is 17.5. The summed E-state index contributed by atoms with van der Waals surface area (Å²) in [6.07, 6.45) is -1.42. The normalized spacial score (nSPS) is 21.3. The standard InChI is InChI=1S/C18H20F2N2O2/c1-18(2,3)24-17(23)12-6-7-21-16-5-4-11(8-13(12)16)22-9-14(19)15(20)10-22/h4-8,14-15H,9-10H2,1-3H3/t14-,15-/m1/s1. The number of hydrogen-bond acceptors (Lipinski definition) is 4. The summed E-state index contributed by atoms with van der Waals surface area (Å²) in [6, 6.07) is 6.85. The van der Waals surface area contributed by atoms with Crippen molar-refractivity contribution in [3.8, 4) is 0 Å². The molecule has 0 amide bonds. The quantitative estimate of drug-likeness (QED) is 0.786. The number of aromatic nitrogens is 1. The Kier molecular flexibility index (Phi) is 4.15. The smallest absolute Gasteiger partial charge is 0.339 e. The second kappa shape index (κ2) is 6.00. The number of nitrogens with zero attached hydrogens (tertiary/aromatic N) is 2. The van der Waals surface area contributed by atoms with Crippen molar-refractivity contribution in [3.05, 3.63) is 36.0 Å². The predicted molar refractivity (Wildman–Crippen MR) is 88.9 cm³/mol. The summed E-state index contributed by atoms with van der Waals surface area (Å²) in [5.41, 5.74) is 1.09. The number of alkyl halides is 2. The molecule has 1 aliphatic rings. The second-order valence-corrected chi connectivity index (χ2v) is 7.00. The maximum Gasteiger partial charge on any atom is 0.339 e. The van der Waals surface area contributed by atoms with Gasteiger partial charge >= 0.3 is 5.97 Å². The molecule has 1 aliphatic heterocycles. The van der Waals surface area contributed by atoms with Gasteiger partial charge in [-0.05, 0) is 45.0 Å². The number of carbonyl (C=O) groups is 1. The van der Waals surface area contributed by atoms with Crippen molar-refractivity contribution in [2.45, 2.75) is 38.7 Å². The van der Waals surface area contributed by atoms with Gasteiger partial charge in [-0.15, -0.1) is 0 Å². The molecule has 3 rings (SSSR count). The Balaban J connectivity index is 1.99. The van der Waals surface area contributed by atoms with Crippen LogP contribution in [0.15, 0.2) is 30.5 Å². The zero-order valence-electron chi connectivity index (χ0n) is 13.9. The fourth-order valence-electron chi connectivity index (χ4n) is 2.78. The van der Waals surface area contributed by atoms with Gasteiger partial charge in [-0.25, -0.2) is 13.6 Å². The summed E-state index contributed by atoms with van der Waals surface area (Å²) in [6.45, 7) is 5.41. The Morgan fingerprint density at radius 1 is 1.21 bits per heavy atom. The highest BCUT2D eigenvalue weighted by atomic mass is 19.2. The first-order chi connectivity index (χ1) is 11.2. The maximum absolute atomic E-state index is 13.5. The van der Waals surface area contributed by atoms with Crippen LogP contribution in [0.2, 0.25) is 0 Å². The molecule has 128 valence electrons. The molecule has 0 bridgehead atoms. The molecule has 4 nitrogen and oxygen atoms in total. The van der Waals surface area contributed by atoms with Gasteiger partial charge in [0.05, 0.1) is 24.2 Å². The maximum atomic E-state index is 13.5. The van der Waals surface area contributed by atoms with Gasteiger partial charge in [0.2, 0.25) is 0 Å². The average molecular weight is 334 g/mol. The number of pyridine rings is 1. The molecular formula is C18H20F2N2O2. The molecule has 0 unspecified atom stereocenters. The predicted octanol–water partition coefficient (Wildman–Crippen LogP) is 3.69. The lowest BCUT2D eigenvalue weighted by Crippen LogP contribution is -2.24. The number of fused-ring (bicyclic) bond motifs is 1. The van der Waals surface area contributed by atoms with Crippen LogP contribution in [0.1, 0.15) is 31.1 Å². The van der Waals surface area contributed by atoms with Crippen LogP contribution >= 0.6 is 0 Å². The molecule has 2 aromatic rings. The summed E-state index contributed by atoms with van der Waals surface area (Å²) >= 11 is 0. The Hall–Kier alpha value is -2.24. The van der Waals surface area contributed by atoms with Crippen molar-refractivity contribution in [2.75, 3.05) is 18.0 Å². The fraction of sp³-hybridized carbons (Fsp3) is 0.444. The van der Waals surface area contributed by atoms with E-state index in [2.05, 4.69) is 4.98 Å². The Labute approximate surface area is 139 Å². The molecule has 2 heterocycles. The molecule has 1 aromatic carbocycles. The summed E-state index contributed by atoms with van der Waals surface area (Å²) in [7, 11) is 0. The number of ether oxygens (including phenoxy) is 1. The van der Waals surface area contributed by atoms with E-state index < -0.39 is 23.9 Å². The number of halogens is 2. The molecular weight excluding hydrogens is 314 g/mol. The van der Waals surface area contributed by atoms with Crippen molar-refractivity contribution in [2.24, 2.45) is 0 Å². The number of esters is 1. The van der Waals surface area contributed by atoms with E-state index in [-0.39, 0.29) is 13.1 Å². The monoisotopic (exact) mass is 334 g/mol. The third-order valence-electron chi connectivity index (χ3n) is 3.89. The molecule has 0 saturated carbocycles. The van der Waals surface area contributed by atoms with E-state index in [0.717, 1.165) is 0 Å².